The topological polar surface area (TPSA) is 37.4 Å². The van der Waals surface area contributed by atoms with E-state index < -0.39 is 0 Å². The van der Waals surface area contributed by atoms with Crippen LogP contribution >= 0.6 is 0 Å². The van der Waals surface area contributed by atoms with Crippen molar-refractivity contribution in [3.05, 3.63) is 66.7 Å². The summed E-state index contributed by atoms with van der Waals surface area (Å²) in [6.45, 7) is 0. The molecule has 118 valence electrons. The van der Waals surface area contributed by atoms with Crippen LogP contribution in [0.25, 0.3) is 11.1 Å². The number of benzene rings is 2. The van der Waals surface area contributed by atoms with Crippen molar-refractivity contribution in [2.75, 3.05) is 4.90 Å². The zero-order valence-corrected chi connectivity index (χ0v) is 13.1. The SMILES string of the molecule is O=C1[C@@H]2[C@H](C(=O)N1c1ccc(-c3ccccc3)cc1)[C@H]1C=C[C@H]2C1. The summed E-state index contributed by atoms with van der Waals surface area (Å²) in [6, 6.07) is 17.8. The molecule has 3 aliphatic rings. The van der Waals surface area contributed by atoms with Gasteiger partial charge in [0.05, 0.1) is 17.5 Å². The van der Waals surface area contributed by atoms with E-state index in [1.54, 1.807) is 0 Å². The van der Waals surface area contributed by atoms with E-state index in [1.165, 1.54) is 4.90 Å². The molecule has 4 atom stereocenters. The Morgan fingerprint density at radius 2 is 1.25 bits per heavy atom. The van der Waals surface area contributed by atoms with Crippen LogP contribution in [0.1, 0.15) is 6.42 Å². The van der Waals surface area contributed by atoms with E-state index in [2.05, 4.69) is 24.3 Å². The van der Waals surface area contributed by atoms with Gasteiger partial charge in [0.25, 0.3) is 0 Å². The number of imide groups is 1. The molecule has 3 heteroatoms. The molecule has 0 N–H and O–H groups in total. The van der Waals surface area contributed by atoms with Crippen LogP contribution in [0, 0.1) is 23.7 Å². The predicted octanol–water partition coefficient (Wildman–Crippen LogP) is 3.67. The zero-order chi connectivity index (χ0) is 16.3. The first-order chi connectivity index (χ1) is 11.7. The van der Waals surface area contributed by atoms with Gasteiger partial charge in [0.15, 0.2) is 0 Å². The molecule has 0 radical (unpaired) electrons. The minimum atomic E-state index is -0.138. The Morgan fingerprint density at radius 3 is 1.83 bits per heavy atom. The molecule has 5 rings (SSSR count). The highest BCUT2D eigenvalue weighted by Crippen LogP contribution is 2.53. The van der Waals surface area contributed by atoms with E-state index >= 15 is 0 Å². The van der Waals surface area contributed by atoms with Crippen LogP contribution in [0.3, 0.4) is 0 Å². The molecule has 2 fully saturated rings. The van der Waals surface area contributed by atoms with Gasteiger partial charge >= 0.3 is 0 Å². The Kier molecular flexibility index (Phi) is 2.81. The van der Waals surface area contributed by atoms with E-state index in [1.807, 2.05) is 42.5 Å². The maximum atomic E-state index is 12.8. The van der Waals surface area contributed by atoms with Crippen LogP contribution < -0.4 is 4.90 Å². The van der Waals surface area contributed by atoms with Gasteiger partial charge in [-0.15, -0.1) is 0 Å². The number of rotatable bonds is 2. The first kappa shape index (κ1) is 13.7. The fraction of sp³-hybridized carbons (Fsp3) is 0.238. The van der Waals surface area contributed by atoms with Gasteiger partial charge in [-0.3, -0.25) is 14.5 Å². The van der Waals surface area contributed by atoms with Crippen molar-refractivity contribution in [1.29, 1.82) is 0 Å². The van der Waals surface area contributed by atoms with E-state index in [0.717, 1.165) is 17.5 Å². The van der Waals surface area contributed by atoms with Crippen LogP contribution in [0.4, 0.5) is 5.69 Å². The molecular weight excluding hydrogens is 298 g/mol. The molecule has 0 spiro atoms. The third kappa shape index (κ3) is 1.78. The standard InChI is InChI=1S/C21H17NO2/c23-20-18-15-6-7-16(12-15)19(18)21(24)22(20)17-10-8-14(9-11-17)13-4-2-1-3-5-13/h1-11,15-16,18-19H,12H2/t15-,16-,18-,19+/m0/s1. The summed E-state index contributed by atoms with van der Waals surface area (Å²) in [4.78, 5) is 27.0. The van der Waals surface area contributed by atoms with Gasteiger partial charge in [0.1, 0.15) is 0 Å². The summed E-state index contributed by atoms with van der Waals surface area (Å²) in [7, 11) is 0. The second-order valence-electron chi connectivity index (χ2n) is 6.92. The Bertz CT molecular complexity index is 823. The number of allylic oxidation sites excluding steroid dienone is 2. The molecule has 0 unspecified atom stereocenters. The summed E-state index contributed by atoms with van der Waals surface area (Å²) in [5.41, 5.74) is 2.90. The van der Waals surface area contributed by atoms with Crippen molar-refractivity contribution >= 4 is 17.5 Å². The minimum Gasteiger partial charge on any atom is -0.274 e. The molecule has 1 saturated heterocycles. The average molecular weight is 315 g/mol. The van der Waals surface area contributed by atoms with Gasteiger partial charge < -0.3 is 0 Å². The van der Waals surface area contributed by atoms with Gasteiger partial charge in [0, 0.05) is 0 Å². The third-order valence-corrected chi connectivity index (χ3v) is 5.70. The largest absolute Gasteiger partial charge is 0.274 e. The highest BCUT2D eigenvalue weighted by Gasteiger charge is 2.59. The highest BCUT2D eigenvalue weighted by atomic mass is 16.2. The Hall–Kier alpha value is -2.68. The maximum Gasteiger partial charge on any atom is 0.238 e. The second-order valence-corrected chi connectivity index (χ2v) is 6.92. The number of fused-ring (bicyclic) bond motifs is 5. The van der Waals surface area contributed by atoms with Crippen molar-refractivity contribution in [3.63, 3.8) is 0 Å². The molecule has 2 aliphatic carbocycles. The van der Waals surface area contributed by atoms with Crippen LogP contribution in [0.15, 0.2) is 66.7 Å². The van der Waals surface area contributed by atoms with E-state index in [4.69, 9.17) is 0 Å². The average Bonchev–Trinajstić information content (AvgIpc) is 3.30. The van der Waals surface area contributed by atoms with E-state index in [0.29, 0.717) is 5.69 Å². The molecule has 2 bridgehead atoms. The lowest BCUT2D eigenvalue weighted by atomic mass is 9.85. The number of hydrogen-bond donors (Lipinski definition) is 0. The lowest BCUT2D eigenvalue weighted by Crippen LogP contribution is -2.32. The van der Waals surface area contributed by atoms with Crippen LogP contribution in [0.2, 0.25) is 0 Å². The Morgan fingerprint density at radius 1 is 0.708 bits per heavy atom. The van der Waals surface area contributed by atoms with Gasteiger partial charge in [-0.2, -0.15) is 0 Å². The summed E-state index contributed by atoms with van der Waals surface area (Å²) in [5, 5.41) is 0. The molecular formula is C21H17NO2. The van der Waals surface area contributed by atoms with Crippen molar-refractivity contribution in [3.8, 4) is 11.1 Å². The van der Waals surface area contributed by atoms with Crippen LogP contribution in [-0.2, 0) is 9.59 Å². The third-order valence-electron chi connectivity index (χ3n) is 5.70. The lowest BCUT2D eigenvalue weighted by molar-refractivity contribution is -0.123. The van der Waals surface area contributed by atoms with Gasteiger partial charge in [-0.1, -0.05) is 54.6 Å². The summed E-state index contributed by atoms with van der Waals surface area (Å²) < 4.78 is 0. The lowest BCUT2D eigenvalue weighted by Gasteiger charge is -2.17. The molecule has 0 aromatic heterocycles. The number of anilines is 1. The number of nitrogens with zero attached hydrogens (tertiary/aromatic N) is 1. The quantitative estimate of drug-likeness (QED) is 0.626. The van der Waals surface area contributed by atoms with Crippen LogP contribution in [0.5, 0.6) is 0 Å². The second kappa shape index (κ2) is 4.91. The predicted molar refractivity (Wildman–Crippen MR) is 92.1 cm³/mol. The van der Waals surface area contributed by atoms with Crippen molar-refractivity contribution < 1.29 is 9.59 Å². The molecule has 3 nitrogen and oxygen atoms in total. The molecule has 2 aromatic carbocycles. The smallest absolute Gasteiger partial charge is 0.238 e. The molecule has 2 aromatic rings. The summed E-state index contributed by atoms with van der Waals surface area (Å²) >= 11 is 0. The number of carbonyl (C=O) groups is 2. The maximum absolute atomic E-state index is 12.8. The first-order valence-corrected chi connectivity index (χ1v) is 8.45. The van der Waals surface area contributed by atoms with E-state index in [-0.39, 0.29) is 35.5 Å². The highest BCUT2D eigenvalue weighted by molar-refractivity contribution is 6.22. The summed E-state index contributed by atoms with van der Waals surface area (Å²) in [5.74, 6) is 0.196. The molecule has 2 amide bonds. The number of hydrogen-bond acceptors (Lipinski definition) is 2. The summed E-state index contributed by atoms with van der Waals surface area (Å²) in [6.07, 6.45) is 5.21. The number of amides is 2. The minimum absolute atomic E-state index is 0.0192. The fourth-order valence-corrected chi connectivity index (χ4v) is 4.59. The Balaban J connectivity index is 1.47. The van der Waals surface area contributed by atoms with Crippen molar-refractivity contribution in [2.45, 2.75) is 6.42 Å². The van der Waals surface area contributed by atoms with Gasteiger partial charge in [-0.25, -0.2) is 0 Å². The normalized spacial score (nSPS) is 30.2. The first-order valence-electron chi connectivity index (χ1n) is 8.45. The van der Waals surface area contributed by atoms with Crippen LogP contribution in [-0.4, -0.2) is 11.8 Å². The molecule has 1 saturated carbocycles. The number of carbonyl (C=O) groups excluding carboxylic acids is 2. The molecule has 1 aliphatic heterocycles. The molecule has 1 heterocycles. The van der Waals surface area contributed by atoms with E-state index in [9.17, 15) is 9.59 Å². The molecule has 24 heavy (non-hydrogen) atoms. The fourth-order valence-electron chi connectivity index (χ4n) is 4.59. The van der Waals surface area contributed by atoms with Gasteiger partial charge in [0.2, 0.25) is 11.8 Å². The monoisotopic (exact) mass is 315 g/mol. The van der Waals surface area contributed by atoms with Crippen molar-refractivity contribution in [1.82, 2.24) is 0 Å². The van der Waals surface area contributed by atoms with Gasteiger partial charge in [-0.05, 0) is 41.5 Å². The van der Waals surface area contributed by atoms with Crippen molar-refractivity contribution in [2.24, 2.45) is 23.7 Å². The zero-order valence-electron chi connectivity index (χ0n) is 13.1. The Labute approximate surface area is 140 Å².